The Hall–Kier alpha value is -3.93. The van der Waals surface area contributed by atoms with Gasteiger partial charge in [-0.15, -0.1) is 0 Å². The van der Waals surface area contributed by atoms with Crippen molar-refractivity contribution in [1.82, 2.24) is 9.78 Å². The Morgan fingerprint density at radius 2 is 1.70 bits per heavy atom. The van der Waals surface area contributed by atoms with E-state index in [1.165, 1.54) is 6.26 Å². The third-order valence-electron chi connectivity index (χ3n) is 5.42. The fraction of sp³-hybridized carbons (Fsp3) is 0.125. The number of rotatable bonds is 3. The van der Waals surface area contributed by atoms with Crippen molar-refractivity contribution >= 4 is 17.4 Å². The van der Waals surface area contributed by atoms with Crippen molar-refractivity contribution in [3.63, 3.8) is 0 Å². The highest BCUT2D eigenvalue weighted by Crippen LogP contribution is 2.46. The van der Waals surface area contributed by atoms with E-state index in [1.54, 1.807) is 34.8 Å². The topological polar surface area (TPSA) is 68.3 Å². The van der Waals surface area contributed by atoms with Crippen LogP contribution in [-0.2, 0) is 7.05 Å². The van der Waals surface area contributed by atoms with Crippen LogP contribution in [0.4, 0.5) is 5.69 Å². The van der Waals surface area contributed by atoms with Crippen LogP contribution in [0, 0.1) is 6.92 Å². The molecule has 0 spiro atoms. The first kappa shape index (κ1) is 18.1. The van der Waals surface area contributed by atoms with Gasteiger partial charge in [-0.3, -0.25) is 19.2 Å². The molecule has 0 bridgehead atoms. The van der Waals surface area contributed by atoms with E-state index < -0.39 is 6.04 Å². The predicted octanol–water partition coefficient (Wildman–Crippen LogP) is 4.57. The van der Waals surface area contributed by atoms with E-state index in [2.05, 4.69) is 5.10 Å². The molecule has 6 heteroatoms. The molecule has 2 aromatic heterocycles. The van der Waals surface area contributed by atoms with Gasteiger partial charge in [0.15, 0.2) is 5.76 Å². The molecule has 1 atom stereocenters. The van der Waals surface area contributed by atoms with Crippen LogP contribution in [0.15, 0.2) is 77.4 Å². The Bertz CT molecular complexity index is 1270. The molecule has 0 N–H and O–H groups in total. The molecule has 0 radical (unpaired) electrons. The summed E-state index contributed by atoms with van der Waals surface area (Å²) in [5, 5.41) is 4.32. The van der Waals surface area contributed by atoms with E-state index in [9.17, 15) is 9.59 Å². The van der Waals surface area contributed by atoms with Crippen molar-refractivity contribution in [2.45, 2.75) is 13.0 Å². The highest BCUT2D eigenvalue weighted by atomic mass is 16.3. The average Bonchev–Trinajstić information content (AvgIpc) is 3.41. The number of ketones is 1. The molecule has 0 fully saturated rings. The second-order valence-corrected chi connectivity index (χ2v) is 7.32. The van der Waals surface area contributed by atoms with Gasteiger partial charge in [0.1, 0.15) is 11.7 Å². The normalized spacial score (nSPS) is 14.9. The van der Waals surface area contributed by atoms with Gasteiger partial charge in [-0.2, -0.15) is 5.10 Å². The Labute approximate surface area is 173 Å². The highest BCUT2D eigenvalue weighted by molar-refractivity contribution is 6.15. The lowest BCUT2D eigenvalue weighted by molar-refractivity contribution is 0.0877. The number of aromatic nitrogens is 2. The van der Waals surface area contributed by atoms with Crippen LogP contribution in [0.1, 0.15) is 38.3 Å². The Morgan fingerprint density at radius 1 is 0.967 bits per heavy atom. The second kappa shape index (κ2) is 6.84. The van der Waals surface area contributed by atoms with Crippen LogP contribution in [0.2, 0.25) is 0 Å². The van der Waals surface area contributed by atoms with E-state index in [-0.39, 0.29) is 17.5 Å². The molecule has 4 aromatic rings. The number of anilines is 1. The number of carbonyl (C=O) groups excluding carboxylic acids is 2. The number of hydrogen-bond acceptors (Lipinski definition) is 4. The SMILES string of the molecule is Cc1cc(C(=O)C2c3ccccc3-c3ccccc3N2C(=O)c2ccco2)n(C)n1. The van der Waals surface area contributed by atoms with Crippen molar-refractivity contribution in [2.24, 2.45) is 7.05 Å². The number of hydrogen-bond donors (Lipinski definition) is 0. The summed E-state index contributed by atoms with van der Waals surface area (Å²) < 4.78 is 6.96. The van der Waals surface area contributed by atoms with Gasteiger partial charge in [-0.05, 0) is 42.3 Å². The van der Waals surface area contributed by atoms with Crippen molar-refractivity contribution in [3.05, 3.63) is 95.7 Å². The van der Waals surface area contributed by atoms with Gasteiger partial charge in [-0.1, -0.05) is 42.5 Å². The van der Waals surface area contributed by atoms with E-state index >= 15 is 0 Å². The van der Waals surface area contributed by atoms with Crippen LogP contribution in [0.5, 0.6) is 0 Å². The van der Waals surface area contributed by atoms with E-state index in [0.29, 0.717) is 11.4 Å². The first-order valence-electron chi connectivity index (χ1n) is 9.66. The summed E-state index contributed by atoms with van der Waals surface area (Å²) in [5.41, 5.74) is 4.49. The van der Waals surface area contributed by atoms with Gasteiger partial charge in [0, 0.05) is 12.6 Å². The minimum atomic E-state index is -0.830. The first-order chi connectivity index (χ1) is 14.6. The largest absolute Gasteiger partial charge is 0.459 e. The Balaban J connectivity index is 1.76. The molecule has 0 saturated heterocycles. The molecule has 148 valence electrons. The van der Waals surface area contributed by atoms with Crippen LogP contribution < -0.4 is 4.90 Å². The molecule has 1 aliphatic heterocycles. The first-order valence-corrected chi connectivity index (χ1v) is 9.66. The maximum Gasteiger partial charge on any atom is 0.294 e. The van der Waals surface area contributed by atoms with Gasteiger partial charge in [0.05, 0.1) is 17.6 Å². The standard InChI is InChI=1S/C24H19N3O3/c1-15-14-20(26(2)25-15)23(28)22-18-10-4-3-8-16(18)17-9-5-6-11-19(17)27(22)24(29)21-12-7-13-30-21/h3-14,22H,1-2H3. The van der Waals surface area contributed by atoms with Crippen molar-refractivity contribution < 1.29 is 14.0 Å². The lowest BCUT2D eigenvalue weighted by Gasteiger charge is -2.37. The minimum absolute atomic E-state index is 0.183. The zero-order chi connectivity index (χ0) is 20.8. The number of benzene rings is 2. The van der Waals surface area contributed by atoms with E-state index in [0.717, 1.165) is 22.4 Å². The number of aryl methyl sites for hydroxylation is 2. The molecule has 3 heterocycles. The van der Waals surface area contributed by atoms with Crippen LogP contribution in [0.3, 0.4) is 0 Å². The number of carbonyl (C=O) groups is 2. The summed E-state index contributed by atoms with van der Waals surface area (Å²) in [6.45, 7) is 1.84. The summed E-state index contributed by atoms with van der Waals surface area (Å²) >= 11 is 0. The maximum absolute atomic E-state index is 13.8. The summed E-state index contributed by atoms with van der Waals surface area (Å²) in [6.07, 6.45) is 1.46. The lowest BCUT2D eigenvalue weighted by Crippen LogP contribution is -2.42. The van der Waals surface area contributed by atoms with E-state index in [1.807, 2.05) is 55.5 Å². The number of Topliss-reactive ketones (excluding diaryl/α,β-unsaturated/α-hetero) is 1. The molecule has 0 saturated carbocycles. The second-order valence-electron chi connectivity index (χ2n) is 7.32. The van der Waals surface area contributed by atoms with Crippen molar-refractivity contribution in [1.29, 1.82) is 0 Å². The van der Waals surface area contributed by atoms with E-state index in [4.69, 9.17) is 4.42 Å². The molecule has 6 nitrogen and oxygen atoms in total. The highest BCUT2D eigenvalue weighted by Gasteiger charge is 2.41. The van der Waals surface area contributed by atoms with Gasteiger partial charge >= 0.3 is 0 Å². The molecule has 1 unspecified atom stereocenters. The third-order valence-corrected chi connectivity index (χ3v) is 5.42. The van der Waals surface area contributed by atoms with Crippen LogP contribution in [0.25, 0.3) is 11.1 Å². The quantitative estimate of drug-likeness (QED) is 0.475. The molecule has 1 aliphatic rings. The summed E-state index contributed by atoms with van der Waals surface area (Å²) in [7, 11) is 1.74. The Morgan fingerprint density at radius 3 is 2.40 bits per heavy atom. The van der Waals surface area contributed by atoms with Crippen LogP contribution in [-0.4, -0.2) is 21.5 Å². The summed E-state index contributed by atoms with van der Waals surface area (Å²) in [4.78, 5) is 28.9. The van der Waals surface area contributed by atoms with Gasteiger partial charge < -0.3 is 4.42 Å². The molecule has 0 aliphatic carbocycles. The minimum Gasteiger partial charge on any atom is -0.459 e. The molecule has 5 rings (SSSR count). The smallest absolute Gasteiger partial charge is 0.294 e. The number of nitrogens with zero attached hydrogens (tertiary/aromatic N) is 3. The number of fused-ring (bicyclic) bond motifs is 3. The molecule has 30 heavy (non-hydrogen) atoms. The van der Waals surface area contributed by atoms with Crippen LogP contribution >= 0.6 is 0 Å². The van der Waals surface area contributed by atoms with Gasteiger partial charge in [0.25, 0.3) is 5.91 Å². The number of para-hydroxylation sites is 1. The molecular weight excluding hydrogens is 378 g/mol. The zero-order valence-electron chi connectivity index (χ0n) is 16.6. The van der Waals surface area contributed by atoms with Crippen molar-refractivity contribution in [3.8, 4) is 11.1 Å². The fourth-order valence-corrected chi connectivity index (χ4v) is 4.16. The van der Waals surface area contributed by atoms with Gasteiger partial charge in [0.2, 0.25) is 5.78 Å². The van der Waals surface area contributed by atoms with Gasteiger partial charge in [-0.25, -0.2) is 0 Å². The summed E-state index contributed by atoms with van der Waals surface area (Å²) in [5.74, 6) is -0.373. The fourth-order valence-electron chi connectivity index (χ4n) is 4.16. The zero-order valence-corrected chi connectivity index (χ0v) is 16.6. The maximum atomic E-state index is 13.8. The molecule has 2 aromatic carbocycles. The molecule has 1 amide bonds. The van der Waals surface area contributed by atoms with Crippen molar-refractivity contribution in [2.75, 3.05) is 4.90 Å². The third kappa shape index (κ3) is 2.69. The molecular formula is C24H19N3O3. The lowest BCUT2D eigenvalue weighted by atomic mass is 9.85. The number of furan rings is 1. The summed E-state index contributed by atoms with van der Waals surface area (Å²) in [6, 6.07) is 19.5. The predicted molar refractivity (Wildman–Crippen MR) is 112 cm³/mol. The monoisotopic (exact) mass is 397 g/mol. The average molecular weight is 397 g/mol. The Kier molecular flexibility index (Phi) is 4.13. The number of amides is 1.